The van der Waals surface area contributed by atoms with Crippen molar-refractivity contribution in [2.75, 3.05) is 0 Å². The molecule has 1 N–H and O–H groups in total. The van der Waals surface area contributed by atoms with Crippen LogP contribution in [0.1, 0.15) is 26.2 Å². The normalized spacial score (nSPS) is 37.0. The molecule has 1 spiro atoms. The van der Waals surface area contributed by atoms with E-state index < -0.39 is 0 Å². The van der Waals surface area contributed by atoms with Gasteiger partial charge in [-0.15, -0.1) is 0 Å². The Kier molecular flexibility index (Phi) is 0.765. The molecule has 0 radical (unpaired) electrons. The summed E-state index contributed by atoms with van der Waals surface area (Å²) in [7, 11) is 0. The summed E-state index contributed by atoms with van der Waals surface area (Å²) < 4.78 is 0. The summed E-state index contributed by atoms with van der Waals surface area (Å²) in [5.41, 5.74) is 0.124. The van der Waals surface area contributed by atoms with Crippen LogP contribution in [-0.4, -0.2) is 11.9 Å². The zero-order valence-corrected chi connectivity index (χ0v) is 5.61. The molecule has 1 saturated heterocycles. The Morgan fingerprint density at radius 3 is 2.56 bits per heavy atom. The second-order valence-electron chi connectivity index (χ2n) is 3.36. The third-order valence-corrected chi connectivity index (χ3v) is 2.41. The van der Waals surface area contributed by atoms with E-state index in [2.05, 4.69) is 12.2 Å². The van der Waals surface area contributed by atoms with E-state index in [1.165, 1.54) is 0 Å². The fraction of sp³-hybridized carbons (Fsp3) is 0.857. The van der Waals surface area contributed by atoms with Gasteiger partial charge >= 0.3 is 0 Å². The molecular formula is C7H11NO. The number of hydrogen-bond acceptors (Lipinski definition) is 1. The van der Waals surface area contributed by atoms with Gasteiger partial charge in [0.25, 0.3) is 0 Å². The lowest BCUT2D eigenvalue weighted by molar-refractivity contribution is -0.123. The smallest absolute Gasteiger partial charge is 0.226 e. The maximum absolute atomic E-state index is 11.1. The quantitative estimate of drug-likeness (QED) is 0.506. The maximum atomic E-state index is 11.1. The molecular weight excluding hydrogens is 114 g/mol. The fourth-order valence-electron chi connectivity index (χ4n) is 1.69. The van der Waals surface area contributed by atoms with E-state index in [0.29, 0.717) is 11.9 Å². The Bertz CT molecular complexity index is 160. The molecule has 0 bridgehead atoms. The molecule has 0 aromatic rings. The molecule has 1 heterocycles. The molecule has 2 nitrogen and oxygen atoms in total. The Morgan fingerprint density at radius 1 is 1.67 bits per heavy atom. The van der Waals surface area contributed by atoms with E-state index in [9.17, 15) is 4.79 Å². The van der Waals surface area contributed by atoms with E-state index in [4.69, 9.17) is 0 Å². The maximum Gasteiger partial charge on any atom is 0.226 e. The molecule has 50 valence electrons. The minimum absolute atomic E-state index is 0.124. The van der Waals surface area contributed by atoms with Crippen molar-refractivity contribution >= 4 is 5.91 Å². The van der Waals surface area contributed by atoms with Gasteiger partial charge in [0.1, 0.15) is 0 Å². The van der Waals surface area contributed by atoms with Crippen molar-refractivity contribution in [1.29, 1.82) is 0 Å². The van der Waals surface area contributed by atoms with E-state index >= 15 is 0 Å². The average molecular weight is 125 g/mol. The van der Waals surface area contributed by atoms with Gasteiger partial charge in [0.2, 0.25) is 5.91 Å². The van der Waals surface area contributed by atoms with Crippen LogP contribution >= 0.6 is 0 Å². The topological polar surface area (TPSA) is 29.1 Å². The average Bonchev–Trinajstić information content (AvgIpc) is 2.42. The van der Waals surface area contributed by atoms with Crippen LogP contribution in [0.3, 0.4) is 0 Å². The van der Waals surface area contributed by atoms with Gasteiger partial charge in [0.15, 0.2) is 0 Å². The Hall–Kier alpha value is -0.530. The van der Waals surface area contributed by atoms with Crippen LogP contribution in [0.15, 0.2) is 0 Å². The molecule has 2 fully saturated rings. The zero-order valence-electron chi connectivity index (χ0n) is 5.61. The van der Waals surface area contributed by atoms with Gasteiger partial charge in [-0.1, -0.05) is 0 Å². The molecule has 0 aromatic heterocycles. The molecule has 1 atom stereocenters. The van der Waals surface area contributed by atoms with Crippen LogP contribution in [0, 0.1) is 5.41 Å². The van der Waals surface area contributed by atoms with Crippen molar-refractivity contribution in [3.05, 3.63) is 0 Å². The first kappa shape index (κ1) is 5.27. The van der Waals surface area contributed by atoms with E-state index in [1.807, 2.05) is 0 Å². The second kappa shape index (κ2) is 1.31. The standard InChI is InChI=1S/C7H11NO/c1-5-4-7(2-3-7)6(9)8-5/h5H,2-4H2,1H3,(H,8,9). The number of carbonyl (C=O) groups excluding carboxylic acids is 1. The van der Waals surface area contributed by atoms with Gasteiger partial charge in [0, 0.05) is 6.04 Å². The highest BCUT2D eigenvalue weighted by molar-refractivity contribution is 5.87. The number of hydrogen-bond donors (Lipinski definition) is 1. The number of rotatable bonds is 0. The fourth-order valence-corrected chi connectivity index (χ4v) is 1.69. The highest BCUT2D eigenvalue weighted by Crippen LogP contribution is 2.52. The molecule has 1 aliphatic carbocycles. The summed E-state index contributed by atoms with van der Waals surface area (Å²) in [4.78, 5) is 11.1. The first-order chi connectivity index (χ1) is 4.23. The third-order valence-electron chi connectivity index (χ3n) is 2.41. The number of carbonyl (C=O) groups is 1. The highest BCUT2D eigenvalue weighted by atomic mass is 16.2. The minimum Gasteiger partial charge on any atom is -0.353 e. The first-order valence-electron chi connectivity index (χ1n) is 3.54. The second-order valence-corrected chi connectivity index (χ2v) is 3.36. The van der Waals surface area contributed by atoms with Crippen LogP contribution in [0.25, 0.3) is 0 Å². The van der Waals surface area contributed by atoms with Gasteiger partial charge in [-0.2, -0.15) is 0 Å². The number of nitrogens with one attached hydrogen (secondary N) is 1. The van der Waals surface area contributed by atoms with Crippen LogP contribution in [0.2, 0.25) is 0 Å². The molecule has 1 saturated carbocycles. The van der Waals surface area contributed by atoms with Crippen LogP contribution in [-0.2, 0) is 4.79 Å². The van der Waals surface area contributed by atoms with Gasteiger partial charge < -0.3 is 5.32 Å². The molecule has 2 rings (SSSR count). The highest BCUT2D eigenvalue weighted by Gasteiger charge is 2.54. The minimum atomic E-state index is 0.124. The summed E-state index contributed by atoms with van der Waals surface area (Å²) >= 11 is 0. The van der Waals surface area contributed by atoms with Gasteiger partial charge in [0.05, 0.1) is 5.41 Å². The van der Waals surface area contributed by atoms with Crippen molar-refractivity contribution < 1.29 is 4.79 Å². The van der Waals surface area contributed by atoms with E-state index in [1.54, 1.807) is 0 Å². The lowest BCUT2D eigenvalue weighted by Gasteiger charge is -1.96. The molecule has 2 heteroatoms. The predicted molar refractivity (Wildman–Crippen MR) is 33.9 cm³/mol. The van der Waals surface area contributed by atoms with Gasteiger partial charge in [-0.25, -0.2) is 0 Å². The monoisotopic (exact) mass is 125 g/mol. The summed E-state index contributed by atoms with van der Waals surface area (Å²) in [6.07, 6.45) is 3.33. The SMILES string of the molecule is CC1CC2(CC2)C(=O)N1. The van der Waals surface area contributed by atoms with Crippen LogP contribution < -0.4 is 5.32 Å². The molecule has 1 amide bonds. The van der Waals surface area contributed by atoms with Crippen molar-refractivity contribution in [2.45, 2.75) is 32.2 Å². The molecule has 2 aliphatic rings. The Balaban J connectivity index is 2.19. The zero-order chi connectivity index (χ0) is 6.48. The van der Waals surface area contributed by atoms with Crippen LogP contribution in [0.4, 0.5) is 0 Å². The van der Waals surface area contributed by atoms with Crippen molar-refractivity contribution in [1.82, 2.24) is 5.32 Å². The van der Waals surface area contributed by atoms with Crippen molar-refractivity contribution in [3.8, 4) is 0 Å². The Morgan fingerprint density at radius 2 is 2.33 bits per heavy atom. The van der Waals surface area contributed by atoms with Crippen molar-refractivity contribution in [3.63, 3.8) is 0 Å². The lowest BCUT2D eigenvalue weighted by atomic mass is 10.0. The van der Waals surface area contributed by atoms with Crippen LogP contribution in [0.5, 0.6) is 0 Å². The first-order valence-corrected chi connectivity index (χ1v) is 3.54. The summed E-state index contributed by atoms with van der Waals surface area (Å²) in [5, 5.41) is 2.93. The summed E-state index contributed by atoms with van der Waals surface area (Å²) in [5.74, 6) is 0.301. The largest absolute Gasteiger partial charge is 0.353 e. The molecule has 1 aliphatic heterocycles. The third kappa shape index (κ3) is 0.590. The van der Waals surface area contributed by atoms with Crippen molar-refractivity contribution in [2.24, 2.45) is 5.41 Å². The van der Waals surface area contributed by atoms with Gasteiger partial charge in [-0.05, 0) is 26.2 Å². The summed E-state index contributed by atoms with van der Waals surface area (Å²) in [6, 6.07) is 0.431. The predicted octanol–water partition coefficient (Wildman–Crippen LogP) is 0.675. The van der Waals surface area contributed by atoms with E-state index in [-0.39, 0.29) is 5.41 Å². The number of amides is 1. The lowest BCUT2D eigenvalue weighted by Crippen LogP contribution is -2.24. The molecule has 1 unspecified atom stereocenters. The summed E-state index contributed by atoms with van der Waals surface area (Å²) in [6.45, 7) is 2.07. The van der Waals surface area contributed by atoms with Gasteiger partial charge in [-0.3, -0.25) is 4.79 Å². The molecule has 0 aromatic carbocycles. The molecule has 9 heavy (non-hydrogen) atoms. The Labute approximate surface area is 54.6 Å². The van der Waals surface area contributed by atoms with E-state index in [0.717, 1.165) is 19.3 Å².